The van der Waals surface area contributed by atoms with E-state index in [4.69, 9.17) is 9.84 Å². The summed E-state index contributed by atoms with van der Waals surface area (Å²) in [6.07, 6.45) is 2.82. The number of amides is 2. The standard InChI is InChI=1S/C24H30N4O5/c1-23(2,3)33-22(32)27-11-12-28-19(15-27)18(14-25-28)21(31)26(4)24(9-10-24)17-7-5-16(6-8-17)13-20(29)30/h5-8,14H,9-13,15H2,1-4H3,(H,29,30). The van der Waals surface area contributed by atoms with Crippen LogP contribution in [0.3, 0.4) is 0 Å². The van der Waals surface area contributed by atoms with Crippen molar-refractivity contribution in [1.29, 1.82) is 0 Å². The average Bonchev–Trinajstić information content (AvgIpc) is 3.44. The maximum absolute atomic E-state index is 13.5. The average molecular weight is 455 g/mol. The van der Waals surface area contributed by atoms with Crippen molar-refractivity contribution in [3.05, 3.63) is 52.8 Å². The lowest BCUT2D eigenvalue weighted by molar-refractivity contribution is -0.136. The summed E-state index contributed by atoms with van der Waals surface area (Å²) in [7, 11) is 1.79. The van der Waals surface area contributed by atoms with Crippen molar-refractivity contribution in [2.24, 2.45) is 0 Å². The molecule has 2 amide bonds. The maximum Gasteiger partial charge on any atom is 0.410 e. The number of fused-ring (bicyclic) bond motifs is 1. The summed E-state index contributed by atoms with van der Waals surface area (Å²) in [5.41, 5.74) is 1.91. The van der Waals surface area contributed by atoms with E-state index in [-0.39, 0.29) is 18.9 Å². The minimum atomic E-state index is -0.873. The van der Waals surface area contributed by atoms with E-state index in [1.54, 1.807) is 27.7 Å². The normalized spacial score (nSPS) is 16.7. The van der Waals surface area contributed by atoms with E-state index < -0.39 is 23.2 Å². The van der Waals surface area contributed by atoms with Gasteiger partial charge in [-0.15, -0.1) is 0 Å². The summed E-state index contributed by atoms with van der Waals surface area (Å²) in [5.74, 6) is -1.02. The monoisotopic (exact) mass is 454 g/mol. The van der Waals surface area contributed by atoms with Crippen LogP contribution < -0.4 is 0 Å². The van der Waals surface area contributed by atoms with Gasteiger partial charge in [-0.1, -0.05) is 24.3 Å². The Kier molecular flexibility index (Phi) is 5.67. The molecule has 1 aliphatic carbocycles. The fourth-order valence-corrected chi connectivity index (χ4v) is 4.33. The quantitative estimate of drug-likeness (QED) is 0.745. The number of carbonyl (C=O) groups excluding carboxylic acids is 2. The zero-order valence-corrected chi connectivity index (χ0v) is 19.5. The van der Waals surface area contributed by atoms with E-state index in [2.05, 4.69) is 5.10 Å². The zero-order chi connectivity index (χ0) is 24.0. The first-order valence-electron chi connectivity index (χ1n) is 11.1. The van der Waals surface area contributed by atoms with E-state index in [9.17, 15) is 14.4 Å². The Morgan fingerprint density at radius 1 is 1.15 bits per heavy atom. The lowest BCUT2D eigenvalue weighted by Gasteiger charge is -2.32. The molecule has 0 radical (unpaired) electrons. The Hall–Kier alpha value is -3.36. The van der Waals surface area contributed by atoms with Gasteiger partial charge >= 0.3 is 12.1 Å². The van der Waals surface area contributed by atoms with Crippen molar-refractivity contribution in [3.8, 4) is 0 Å². The first kappa shape index (κ1) is 22.8. The van der Waals surface area contributed by atoms with Crippen molar-refractivity contribution >= 4 is 18.0 Å². The van der Waals surface area contributed by atoms with Crippen molar-refractivity contribution < 1.29 is 24.2 Å². The second kappa shape index (κ2) is 8.20. The fourth-order valence-electron chi connectivity index (χ4n) is 4.33. The Labute approximate surface area is 192 Å². The van der Waals surface area contributed by atoms with Crippen LogP contribution in [0, 0.1) is 0 Å². The molecule has 1 aromatic heterocycles. The van der Waals surface area contributed by atoms with Crippen molar-refractivity contribution in [2.45, 2.75) is 64.3 Å². The summed E-state index contributed by atoms with van der Waals surface area (Å²) >= 11 is 0. The van der Waals surface area contributed by atoms with Crippen molar-refractivity contribution in [2.75, 3.05) is 13.6 Å². The molecule has 0 spiro atoms. The number of carboxylic acids is 1. The summed E-state index contributed by atoms with van der Waals surface area (Å²) in [5, 5.41) is 13.4. The Morgan fingerprint density at radius 3 is 2.39 bits per heavy atom. The number of benzene rings is 1. The van der Waals surface area contributed by atoms with Gasteiger partial charge in [-0.3, -0.25) is 14.3 Å². The van der Waals surface area contributed by atoms with Crippen LogP contribution in [-0.2, 0) is 34.6 Å². The van der Waals surface area contributed by atoms with E-state index in [0.29, 0.717) is 24.3 Å². The third-order valence-corrected chi connectivity index (χ3v) is 6.27. The SMILES string of the molecule is CN(C(=O)c1cnn2c1CN(C(=O)OC(C)(C)C)CC2)C1(c2ccc(CC(=O)O)cc2)CC1. The molecule has 1 N–H and O–H groups in total. The number of carboxylic acid groups (broad SMARTS) is 1. The van der Waals surface area contributed by atoms with Crippen LogP contribution in [0.4, 0.5) is 4.79 Å². The molecule has 1 aliphatic heterocycles. The molecule has 176 valence electrons. The van der Waals surface area contributed by atoms with Crippen LogP contribution in [0.15, 0.2) is 30.5 Å². The number of aromatic nitrogens is 2. The first-order chi connectivity index (χ1) is 15.5. The maximum atomic E-state index is 13.5. The van der Waals surface area contributed by atoms with Crippen molar-refractivity contribution in [3.63, 3.8) is 0 Å². The molecule has 9 nitrogen and oxygen atoms in total. The Balaban J connectivity index is 1.52. The Morgan fingerprint density at radius 2 is 1.82 bits per heavy atom. The minimum Gasteiger partial charge on any atom is -0.481 e. The van der Waals surface area contributed by atoms with Gasteiger partial charge in [0.15, 0.2) is 0 Å². The third kappa shape index (κ3) is 4.58. The molecular formula is C24H30N4O5. The summed E-state index contributed by atoms with van der Waals surface area (Å²) < 4.78 is 7.28. The molecule has 0 atom stereocenters. The number of nitrogens with zero attached hydrogens (tertiary/aromatic N) is 4. The molecule has 2 heterocycles. The van der Waals surface area contributed by atoms with Gasteiger partial charge in [0, 0.05) is 13.6 Å². The largest absolute Gasteiger partial charge is 0.481 e. The fraction of sp³-hybridized carbons (Fsp3) is 0.500. The first-order valence-corrected chi connectivity index (χ1v) is 11.1. The number of hydrogen-bond acceptors (Lipinski definition) is 5. The summed E-state index contributed by atoms with van der Waals surface area (Å²) in [4.78, 5) is 40.4. The molecule has 33 heavy (non-hydrogen) atoms. The van der Waals surface area contributed by atoms with Gasteiger partial charge in [0.1, 0.15) is 5.60 Å². The molecule has 1 aromatic carbocycles. The highest BCUT2D eigenvalue weighted by molar-refractivity contribution is 5.96. The predicted molar refractivity (Wildman–Crippen MR) is 120 cm³/mol. The molecular weight excluding hydrogens is 424 g/mol. The van der Waals surface area contributed by atoms with Crippen LogP contribution in [0.2, 0.25) is 0 Å². The van der Waals surface area contributed by atoms with Crippen LogP contribution >= 0.6 is 0 Å². The molecule has 2 aromatic rings. The second-order valence-corrected chi connectivity index (χ2v) is 9.79. The highest BCUT2D eigenvalue weighted by Crippen LogP contribution is 2.51. The number of hydrogen-bond donors (Lipinski definition) is 1. The topological polar surface area (TPSA) is 105 Å². The van der Waals surface area contributed by atoms with Crippen LogP contribution in [0.1, 0.15) is 60.8 Å². The lowest BCUT2D eigenvalue weighted by atomic mass is 9.99. The molecule has 0 bridgehead atoms. The van der Waals surface area contributed by atoms with Gasteiger partial charge in [-0.25, -0.2) is 4.79 Å². The van der Waals surface area contributed by atoms with Crippen LogP contribution in [-0.4, -0.2) is 61.9 Å². The molecule has 2 aliphatic rings. The Bertz CT molecular complexity index is 1080. The molecule has 0 unspecified atom stereocenters. The third-order valence-electron chi connectivity index (χ3n) is 6.27. The smallest absolute Gasteiger partial charge is 0.410 e. The second-order valence-electron chi connectivity index (χ2n) is 9.79. The molecule has 1 fully saturated rings. The minimum absolute atomic E-state index is 0.0290. The predicted octanol–water partition coefficient (Wildman–Crippen LogP) is 3.02. The van der Waals surface area contributed by atoms with E-state index in [0.717, 1.165) is 24.0 Å². The highest BCUT2D eigenvalue weighted by Gasteiger charge is 2.50. The van der Waals surface area contributed by atoms with Gasteiger partial charge in [-0.05, 0) is 44.7 Å². The number of aliphatic carboxylic acids is 1. The lowest BCUT2D eigenvalue weighted by Crippen LogP contribution is -2.43. The van der Waals surface area contributed by atoms with Gasteiger partial charge in [0.05, 0.1) is 42.5 Å². The number of ether oxygens (including phenoxy) is 1. The van der Waals surface area contributed by atoms with Gasteiger partial charge in [-0.2, -0.15) is 5.10 Å². The summed E-state index contributed by atoms with van der Waals surface area (Å²) in [6.45, 7) is 6.72. The van der Waals surface area contributed by atoms with Gasteiger partial charge in [0.25, 0.3) is 5.91 Å². The van der Waals surface area contributed by atoms with Crippen LogP contribution in [0.25, 0.3) is 0 Å². The van der Waals surface area contributed by atoms with Gasteiger partial charge in [0.2, 0.25) is 0 Å². The van der Waals surface area contributed by atoms with E-state index in [1.807, 2.05) is 45.0 Å². The van der Waals surface area contributed by atoms with E-state index >= 15 is 0 Å². The van der Waals surface area contributed by atoms with E-state index in [1.165, 1.54) is 0 Å². The highest BCUT2D eigenvalue weighted by atomic mass is 16.6. The molecule has 0 saturated heterocycles. The molecule has 4 rings (SSSR count). The van der Waals surface area contributed by atoms with Crippen molar-refractivity contribution in [1.82, 2.24) is 19.6 Å². The number of carbonyl (C=O) groups is 3. The van der Waals surface area contributed by atoms with Crippen LogP contribution in [0.5, 0.6) is 0 Å². The summed E-state index contributed by atoms with van der Waals surface area (Å²) in [6, 6.07) is 7.43. The molecule has 1 saturated carbocycles. The van der Waals surface area contributed by atoms with Gasteiger partial charge < -0.3 is 19.6 Å². The zero-order valence-electron chi connectivity index (χ0n) is 19.5. The number of rotatable bonds is 5. The molecule has 9 heteroatoms.